The molecule has 0 fully saturated rings. The molecule has 0 radical (unpaired) electrons. The van der Waals surface area contributed by atoms with E-state index in [0.29, 0.717) is 26.9 Å². The van der Waals surface area contributed by atoms with Crippen molar-refractivity contribution in [3.8, 4) is 34.2 Å². The summed E-state index contributed by atoms with van der Waals surface area (Å²) >= 11 is 12.9. The minimum atomic E-state index is 0.114. The summed E-state index contributed by atoms with van der Waals surface area (Å²) in [5, 5.41) is 16.6. The molecule has 1 heterocycles. The monoisotopic (exact) mass is 512 g/mol. The van der Waals surface area contributed by atoms with Crippen LogP contribution in [0, 0.1) is 11.3 Å². The van der Waals surface area contributed by atoms with Gasteiger partial charge >= 0.3 is 0 Å². The maximum absolute atomic E-state index is 9.34. The number of benzene rings is 4. The molecule has 178 valence electrons. The van der Waals surface area contributed by atoms with E-state index in [1.165, 1.54) is 0 Å². The first-order valence-electron chi connectivity index (χ1n) is 11.5. The Balaban J connectivity index is 1.40. The van der Waals surface area contributed by atoms with Gasteiger partial charge in [-0.05, 0) is 58.3 Å². The number of nitrogens with zero attached hydrogens (tertiary/aromatic N) is 2. The average molecular weight is 513 g/mol. The molecule has 0 aliphatic rings. The van der Waals surface area contributed by atoms with E-state index in [0.717, 1.165) is 39.0 Å². The van der Waals surface area contributed by atoms with Crippen molar-refractivity contribution in [2.24, 2.45) is 0 Å². The molecule has 0 aliphatic heterocycles. The summed E-state index contributed by atoms with van der Waals surface area (Å²) in [6, 6.07) is 27.4. The molecule has 5 rings (SSSR count). The quantitative estimate of drug-likeness (QED) is 0.227. The van der Waals surface area contributed by atoms with Gasteiger partial charge in [-0.25, -0.2) is 0 Å². The van der Waals surface area contributed by atoms with Crippen LogP contribution in [-0.4, -0.2) is 5.16 Å². The van der Waals surface area contributed by atoms with Crippen LogP contribution in [0.5, 0.6) is 5.75 Å². The molecule has 6 heteroatoms. The fourth-order valence-electron chi connectivity index (χ4n) is 4.30. The second-order valence-corrected chi connectivity index (χ2v) is 9.61. The minimum Gasteiger partial charge on any atom is -0.489 e. The second kappa shape index (κ2) is 10.1. The highest BCUT2D eigenvalue weighted by molar-refractivity contribution is 6.39. The lowest BCUT2D eigenvalue weighted by Gasteiger charge is -2.11. The molecule has 0 spiro atoms. The van der Waals surface area contributed by atoms with E-state index < -0.39 is 0 Å². The molecule has 5 aromatic rings. The Morgan fingerprint density at radius 3 is 2.31 bits per heavy atom. The highest BCUT2D eigenvalue weighted by Crippen LogP contribution is 2.39. The van der Waals surface area contributed by atoms with Crippen LogP contribution in [0.1, 0.15) is 36.7 Å². The van der Waals surface area contributed by atoms with Crippen LogP contribution >= 0.6 is 23.2 Å². The van der Waals surface area contributed by atoms with Crippen LogP contribution in [0.4, 0.5) is 0 Å². The van der Waals surface area contributed by atoms with Crippen molar-refractivity contribution < 1.29 is 9.26 Å². The molecular formula is C30H22Cl2N2O2. The average Bonchev–Trinajstić information content (AvgIpc) is 3.30. The zero-order valence-electron chi connectivity index (χ0n) is 19.8. The second-order valence-electron chi connectivity index (χ2n) is 8.79. The van der Waals surface area contributed by atoms with Gasteiger partial charge < -0.3 is 9.26 Å². The minimum absolute atomic E-state index is 0.114. The maximum atomic E-state index is 9.34. The number of ether oxygens (including phenoxy) is 1. The van der Waals surface area contributed by atoms with Gasteiger partial charge in [0.1, 0.15) is 23.8 Å². The van der Waals surface area contributed by atoms with Gasteiger partial charge in [-0.3, -0.25) is 0 Å². The van der Waals surface area contributed by atoms with Gasteiger partial charge in [0.2, 0.25) is 0 Å². The third-order valence-electron chi connectivity index (χ3n) is 6.11. The largest absolute Gasteiger partial charge is 0.489 e. The number of hydrogen-bond donors (Lipinski definition) is 0. The lowest BCUT2D eigenvalue weighted by molar-refractivity contribution is 0.298. The van der Waals surface area contributed by atoms with E-state index in [2.05, 4.69) is 17.3 Å². The molecule has 4 aromatic carbocycles. The molecule has 1 aromatic heterocycles. The maximum Gasteiger partial charge on any atom is 0.146 e. The van der Waals surface area contributed by atoms with E-state index in [-0.39, 0.29) is 12.5 Å². The summed E-state index contributed by atoms with van der Waals surface area (Å²) < 4.78 is 11.8. The van der Waals surface area contributed by atoms with E-state index >= 15 is 0 Å². The van der Waals surface area contributed by atoms with Gasteiger partial charge in [-0.15, -0.1) is 0 Å². The van der Waals surface area contributed by atoms with Crippen molar-refractivity contribution >= 4 is 34.0 Å². The Morgan fingerprint density at radius 1 is 0.917 bits per heavy atom. The first-order valence-corrected chi connectivity index (χ1v) is 12.3. The zero-order valence-corrected chi connectivity index (χ0v) is 21.3. The number of aromatic nitrogens is 1. The number of hydrogen-bond acceptors (Lipinski definition) is 4. The molecule has 0 aliphatic carbocycles. The van der Waals surface area contributed by atoms with E-state index in [4.69, 9.17) is 32.5 Å². The summed E-state index contributed by atoms with van der Waals surface area (Å²) in [4.78, 5) is 0. The van der Waals surface area contributed by atoms with Crippen LogP contribution in [0.25, 0.3) is 33.2 Å². The van der Waals surface area contributed by atoms with Crippen molar-refractivity contribution in [2.45, 2.75) is 26.4 Å². The topological polar surface area (TPSA) is 59.1 Å². The van der Waals surface area contributed by atoms with Crippen LogP contribution in [0.15, 0.2) is 83.4 Å². The first-order chi connectivity index (χ1) is 17.5. The zero-order chi connectivity index (χ0) is 25.2. The van der Waals surface area contributed by atoms with Gasteiger partial charge in [-0.2, -0.15) is 5.26 Å². The molecule has 0 N–H and O–H groups in total. The molecule has 36 heavy (non-hydrogen) atoms. The summed E-state index contributed by atoms with van der Waals surface area (Å²) in [6.07, 6.45) is 0. The molecular weight excluding hydrogens is 491 g/mol. The van der Waals surface area contributed by atoms with Crippen molar-refractivity contribution in [3.63, 3.8) is 0 Å². The van der Waals surface area contributed by atoms with Gasteiger partial charge in [-0.1, -0.05) is 84.7 Å². The van der Waals surface area contributed by atoms with Gasteiger partial charge in [0.25, 0.3) is 0 Å². The van der Waals surface area contributed by atoms with Crippen LogP contribution in [0.2, 0.25) is 10.0 Å². The summed E-state index contributed by atoms with van der Waals surface area (Å²) in [5.41, 5.74) is 4.87. The third-order valence-corrected chi connectivity index (χ3v) is 6.74. The Labute approximate surface area is 219 Å². The Bertz CT molecular complexity index is 1580. The molecule has 4 nitrogen and oxygen atoms in total. The highest BCUT2D eigenvalue weighted by atomic mass is 35.5. The number of fused-ring (bicyclic) bond motifs is 1. The summed E-state index contributed by atoms with van der Waals surface area (Å²) in [7, 11) is 0. The molecule has 0 saturated heterocycles. The third kappa shape index (κ3) is 4.56. The molecule has 0 atom stereocenters. The summed E-state index contributed by atoms with van der Waals surface area (Å²) in [5.74, 6) is 1.58. The number of nitriles is 1. The number of rotatable bonds is 6. The van der Waals surface area contributed by atoms with Crippen molar-refractivity contribution in [2.75, 3.05) is 0 Å². The standard InChI is InChI=1S/C30H22Cl2N2O2/c1-18(2)30-25(29(34-36-30)28-26(31)7-4-8-27(28)32)17-35-23-12-9-19(10-13-23)20-11-14-24-21(15-20)5-3-6-22(24)16-33/h3-15,18H,17H2,1-2H3. The van der Waals surface area contributed by atoms with Crippen LogP contribution < -0.4 is 4.74 Å². The SMILES string of the molecule is CC(C)c1onc(-c2c(Cl)cccc2Cl)c1COc1ccc(-c2ccc3c(C#N)cccc3c2)cc1. The normalized spacial score (nSPS) is 11.1. The fourth-order valence-corrected chi connectivity index (χ4v) is 4.87. The van der Waals surface area contributed by atoms with Gasteiger partial charge in [0.15, 0.2) is 0 Å². The fraction of sp³-hybridized carbons (Fsp3) is 0.133. The highest BCUT2D eigenvalue weighted by Gasteiger charge is 2.23. The summed E-state index contributed by atoms with van der Waals surface area (Å²) in [6.45, 7) is 4.35. The van der Waals surface area contributed by atoms with Gasteiger partial charge in [0.05, 0.1) is 27.2 Å². The molecule has 0 unspecified atom stereocenters. The predicted molar refractivity (Wildman–Crippen MR) is 144 cm³/mol. The van der Waals surface area contributed by atoms with Crippen LogP contribution in [-0.2, 0) is 6.61 Å². The van der Waals surface area contributed by atoms with Gasteiger partial charge in [0, 0.05) is 11.5 Å². The molecule has 0 bridgehead atoms. The smallest absolute Gasteiger partial charge is 0.146 e. The molecule has 0 saturated carbocycles. The van der Waals surface area contributed by atoms with E-state index in [1.807, 2.05) is 68.4 Å². The first kappa shape index (κ1) is 23.9. The lowest BCUT2D eigenvalue weighted by Crippen LogP contribution is -2.01. The molecule has 0 amide bonds. The predicted octanol–water partition coefficient (Wildman–Crippen LogP) is 9.04. The van der Waals surface area contributed by atoms with E-state index in [1.54, 1.807) is 18.2 Å². The van der Waals surface area contributed by atoms with Crippen molar-refractivity contribution in [3.05, 3.63) is 106 Å². The van der Waals surface area contributed by atoms with Crippen molar-refractivity contribution in [1.82, 2.24) is 5.16 Å². The van der Waals surface area contributed by atoms with E-state index in [9.17, 15) is 5.26 Å². The van der Waals surface area contributed by atoms with Crippen LogP contribution in [0.3, 0.4) is 0 Å². The Morgan fingerprint density at radius 2 is 1.61 bits per heavy atom. The Kier molecular flexibility index (Phi) is 6.69. The van der Waals surface area contributed by atoms with Crippen molar-refractivity contribution in [1.29, 1.82) is 5.26 Å². The number of halogens is 2. The lowest BCUT2D eigenvalue weighted by atomic mass is 9.99. The Hall–Kier alpha value is -3.78.